The average molecular weight is 431 g/mol. The van der Waals surface area contributed by atoms with Gasteiger partial charge in [-0.25, -0.2) is 4.79 Å². The molecule has 0 N–H and O–H groups in total. The van der Waals surface area contributed by atoms with E-state index in [0.29, 0.717) is 13.1 Å². The fourth-order valence-corrected chi connectivity index (χ4v) is 4.08. The van der Waals surface area contributed by atoms with E-state index >= 15 is 0 Å². The van der Waals surface area contributed by atoms with Crippen LogP contribution in [0.5, 0.6) is 0 Å². The van der Waals surface area contributed by atoms with E-state index in [4.69, 9.17) is 4.74 Å². The summed E-state index contributed by atoms with van der Waals surface area (Å²) < 4.78 is 6.58. The van der Waals surface area contributed by atoms with Crippen molar-refractivity contribution < 1.29 is 9.53 Å². The topological polar surface area (TPSA) is 32.8 Å². The Morgan fingerprint density at radius 3 is 2.52 bits per heavy atom. The van der Waals surface area contributed by atoms with Crippen molar-refractivity contribution in [1.29, 1.82) is 0 Å². The van der Waals surface area contributed by atoms with E-state index in [1.54, 1.807) is 4.90 Å². The molecule has 1 saturated heterocycles. The van der Waals surface area contributed by atoms with Crippen molar-refractivity contribution in [3.05, 3.63) is 65.8 Å². The Labute approximate surface area is 170 Å². The lowest BCUT2D eigenvalue weighted by Gasteiger charge is -2.39. The molecular weight excluding hydrogens is 404 g/mol. The Hall–Kier alpha value is -1.85. The van der Waals surface area contributed by atoms with Gasteiger partial charge in [-0.15, -0.1) is 0 Å². The van der Waals surface area contributed by atoms with Gasteiger partial charge in [0.15, 0.2) is 0 Å². The number of hydrogen-bond donors (Lipinski definition) is 0. The van der Waals surface area contributed by atoms with Gasteiger partial charge in [0, 0.05) is 30.7 Å². The number of ether oxygens (including phenoxy) is 1. The molecule has 0 aromatic heterocycles. The van der Waals surface area contributed by atoms with Crippen molar-refractivity contribution in [1.82, 2.24) is 9.80 Å². The number of hydrogen-bond acceptors (Lipinski definition) is 3. The van der Waals surface area contributed by atoms with Gasteiger partial charge in [-0.05, 0) is 43.5 Å². The van der Waals surface area contributed by atoms with Crippen molar-refractivity contribution in [2.24, 2.45) is 0 Å². The van der Waals surface area contributed by atoms with Crippen molar-refractivity contribution >= 4 is 26.5 Å². The second kappa shape index (κ2) is 8.03. The number of allylic oxidation sites excluding steroid dienone is 3. The summed E-state index contributed by atoms with van der Waals surface area (Å²) in [6, 6.07) is 8.61. The number of fused-ring (bicyclic) bond motifs is 1. The first-order valence-electron chi connectivity index (χ1n) is 9.31. The molecule has 1 unspecified atom stereocenters. The fourth-order valence-electron chi connectivity index (χ4n) is 3.45. The highest BCUT2D eigenvalue weighted by Gasteiger charge is 2.30. The van der Waals surface area contributed by atoms with Gasteiger partial charge >= 0.3 is 6.09 Å². The van der Waals surface area contributed by atoms with E-state index in [-0.39, 0.29) is 12.1 Å². The summed E-state index contributed by atoms with van der Waals surface area (Å²) in [5.74, 6) is 0. The van der Waals surface area contributed by atoms with Crippen LogP contribution in [0.4, 0.5) is 4.79 Å². The maximum Gasteiger partial charge on any atom is 0.410 e. The van der Waals surface area contributed by atoms with E-state index < -0.39 is 5.60 Å². The lowest BCUT2D eigenvalue weighted by molar-refractivity contribution is 0.0122. The molecule has 144 valence electrons. The second-order valence-corrected chi connectivity index (χ2v) is 8.75. The number of halogens is 1. The number of benzene rings is 1. The SMILES string of the molecule is C=CC1=CC(N2CCN(C(=O)OC(C)(C)C)CC2)c2ccccc2C(Br)=C1. The Bertz CT molecular complexity index is 784. The predicted molar refractivity (Wildman–Crippen MR) is 114 cm³/mol. The van der Waals surface area contributed by atoms with E-state index in [1.807, 2.05) is 26.8 Å². The summed E-state index contributed by atoms with van der Waals surface area (Å²) in [6.45, 7) is 12.6. The molecule has 1 aromatic rings. The minimum Gasteiger partial charge on any atom is -0.444 e. The van der Waals surface area contributed by atoms with Gasteiger partial charge in [0.2, 0.25) is 0 Å². The van der Waals surface area contributed by atoms with Gasteiger partial charge in [-0.3, -0.25) is 4.90 Å². The third kappa shape index (κ3) is 4.71. The molecule has 1 heterocycles. The molecule has 1 fully saturated rings. The first-order chi connectivity index (χ1) is 12.8. The van der Waals surface area contributed by atoms with Gasteiger partial charge in [0.05, 0.1) is 6.04 Å². The van der Waals surface area contributed by atoms with E-state index in [0.717, 1.165) is 23.1 Å². The maximum absolute atomic E-state index is 12.3. The lowest BCUT2D eigenvalue weighted by atomic mass is 9.98. The van der Waals surface area contributed by atoms with Crippen LogP contribution >= 0.6 is 15.9 Å². The van der Waals surface area contributed by atoms with Gasteiger partial charge in [-0.1, -0.05) is 58.9 Å². The zero-order valence-electron chi connectivity index (χ0n) is 16.2. The van der Waals surface area contributed by atoms with Gasteiger partial charge < -0.3 is 9.64 Å². The Kier molecular flexibility index (Phi) is 5.92. The summed E-state index contributed by atoms with van der Waals surface area (Å²) in [6.07, 6.45) is 6.03. The first-order valence-corrected chi connectivity index (χ1v) is 10.1. The number of rotatable bonds is 2. The molecular formula is C22H27BrN2O2. The third-order valence-electron chi connectivity index (χ3n) is 4.78. The van der Waals surface area contributed by atoms with Crippen LogP contribution in [0.1, 0.15) is 37.9 Å². The van der Waals surface area contributed by atoms with Crippen LogP contribution in [-0.2, 0) is 4.74 Å². The molecule has 27 heavy (non-hydrogen) atoms. The number of carbonyl (C=O) groups is 1. The summed E-state index contributed by atoms with van der Waals surface area (Å²) in [7, 11) is 0. The van der Waals surface area contributed by atoms with Crippen molar-refractivity contribution in [3.63, 3.8) is 0 Å². The molecule has 3 rings (SSSR count). The molecule has 1 aliphatic heterocycles. The first kappa shape index (κ1) is 19.9. The zero-order chi connectivity index (χ0) is 19.6. The van der Waals surface area contributed by atoms with Gasteiger partial charge in [0.1, 0.15) is 5.60 Å². The number of nitrogens with zero attached hydrogens (tertiary/aromatic N) is 2. The van der Waals surface area contributed by atoms with E-state index in [9.17, 15) is 4.79 Å². The molecule has 0 radical (unpaired) electrons. The van der Waals surface area contributed by atoms with Crippen LogP contribution in [0.3, 0.4) is 0 Å². The van der Waals surface area contributed by atoms with Crippen molar-refractivity contribution in [2.45, 2.75) is 32.4 Å². The van der Waals surface area contributed by atoms with Crippen LogP contribution < -0.4 is 0 Å². The van der Waals surface area contributed by atoms with Crippen LogP contribution in [-0.4, -0.2) is 47.7 Å². The minimum atomic E-state index is -0.464. The van der Waals surface area contributed by atoms with Crippen molar-refractivity contribution in [2.75, 3.05) is 26.2 Å². The number of piperazine rings is 1. The molecule has 1 atom stereocenters. The average Bonchev–Trinajstić information content (AvgIpc) is 2.77. The van der Waals surface area contributed by atoms with Gasteiger partial charge in [0.25, 0.3) is 0 Å². The fraction of sp³-hybridized carbons (Fsp3) is 0.409. The number of amides is 1. The molecule has 1 aliphatic carbocycles. The third-order valence-corrected chi connectivity index (χ3v) is 5.43. The Balaban J connectivity index is 1.78. The molecule has 0 saturated carbocycles. The predicted octanol–water partition coefficient (Wildman–Crippen LogP) is 5.14. The molecule has 4 nitrogen and oxygen atoms in total. The maximum atomic E-state index is 12.3. The van der Waals surface area contributed by atoms with E-state index in [2.05, 4.69) is 63.8 Å². The smallest absolute Gasteiger partial charge is 0.410 e. The normalized spacial score (nSPS) is 20.9. The highest BCUT2D eigenvalue weighted by Crippen LogP contribution is 2.37. The molecule has 1 amide bonds. The largest absolute Gasteiger partial charge is 0.444 e. The monoisotopic (exact) mass is 430 g/mol. The molecule has 0 bridgehead atoms. The minimum absolute atomic E-state index is 0.154. The van der Waals surface area contributed by atoms with E-state index in [1.165, 1.54) is 11.1 Å². The summed E-state index contributed by atoms with van der Waals surface area (Å²) in [5, 5.41) is 0. The quantitative estimate of drug-likeness (QED) is 0.650. The lowest BCUT2D eigenvalue weighted by Crippen LogP contribution is -2.50. The molecule has 0 spiro atoms. The zero-order valence-corrected chi connectivity index (χ0v) is 17.8. The van der Waals surface area contributed by atoms with Crippen LogP contribution in [0, 0.1) is 0 Å². The molecule has 5 heteroatoms. The summed E-state index contributed by atoms with van der Waals surface area (Å²) in [4.78, 5) is 16.6. The van der Waals surface area contributed by atoms with Crippen molar-refractivity contribution in [3.8, 4) is 0 Å². The molecule has 2 aliphatic rings. The Morgan fingerprint density at radius 2 is 1.89 bits per heavy atom. The highest BCUT2D eigenvalue weighted by molar-refractivity contribution is 9.15. The van der Waals surface area contributed by atoms with Gasteiger partial charge in [-0.2, -0.15) is 0 Å². The summed E-state index contributed by atoms with van der Waals surface area (Å²) in [5.41, 5.74) is 3.10. The molecule has 1 aromatic carbocycles. The number of carbonyl (C=O) groups excluding carboxylic acids is 1. The summed E-state index contributed by atoms with van der Waals surface area (Å²) >= 11 is 3.71. The van der Waals surface area contributed by atoms with Crippen LogP contribution in [0.25, 0.3) is 4.48 Å². The Morgan fingerprint density at radius 1 is 1.22 bits per heavy atom. The van der Waals surface area contributed by atoms with Crippen LogP contribution in [0.2, 0.25) is 0 Å². The van der Waals surface area contributed by atoms with Crippen LogP contribution in [0.15, 0.2) is 54.6 Å². The highest BCUT2D eigenvalue weighted by atomic mass is 79.9. The second-order valence-electron chi connectivity index (χ2n) is 7.90. The standard InChI is InChI=1S/C22H27BrN2O2/c1-5-16-14-19(23)17-8-6-7-9-18(17)20(15-16)24-10-12-25(13-11-24)21(26)27-22(2,3)4/h5-9,14-15,20H,1,10-13H2,2-4H3.